The molecule has 0 atom stereocenters. The fourth-order valence-corrected chi connectivity index (χ4v) is 3.65. The fourth-order valence-electron chi connectivity index (χ4n) is 2.46. The van der Waals surface area contributed by atoms with E-state index in [4.69, 9.17) is 12.2 Å². The molecule has 0 aliphatic heterocycles. The monoisotopic (exact) mass is 387 g/mol. The largest absolute Gasteiger partial charge is 0.308 e. The molecule has 0 aliphatic rings. The number of fused-ring (bicyclic) bond motifs is 1. The van der Waals surface area contributed by atoms with Crippen molar-refractivity contribution in [3.63, 3.8) is 0 Å². The highest BCUT2D eigenvalue weighted by Gasteiger charge is 2.10. The SMILES string of the molecule is CCCCc1ccc2nc(NC(=S)NC(=O)c3ccc(F)cc3)sc2c1. The molecular weight excluding hydrogens is 369 g/mol. The molecule has 0 aliphatic carbocycles. The Morgan fingerprint density at radius 1 is 1.23 bits per heavy atom. The number of hydrogen-bond acceptors (Lipinski definition) is 4. The van der Waals surface area contributed by atoms with E-state index >= 15 is 0 Å². The van der Waals surface area contributed by atoms with Crippen LogP contribution in [0.2, 0.25) is 0 Å². The van der Waals surface area contributed by atoms with E-state index in [1.165, 1.54) is 41.2 Å². The number of nitrogens with one attached hydrogen (secondary N) is 2. The number of amides is 1. The highest BCUT2D eigenvalue weighted by molar-refractivity contribution is 7.80. The van der Waals surface area contributed by atoms with E-state index < -0.39 is 11.7 Å². The molecule has 3 rings (SSSR count). The van der Waals surface area contributed by atoms with Crippen molar-refractivity contribution in [1.82, 2.24) is 10.3 Å². The average molecular weight is 388 g/mol. The number of benzene rings is 2. The molecular formula is C19H18FN3OS2. The number of unbranched alkanes of at least 4 members (excludes halogenated alkanes) is 1. The van der Waals surface area contributed by atoms with Gasteiger partial charge in [-0.25, -0.2) is 9.37 Å². The summed E-state index contributed by atoms with van der Waals surface area (Å²) in [6, 6.07) is 11.5. The van der Waals surface area contributed by atoms with Gasteiger partial charge in [0.2, 0.25) is 0 Å². The van der Waals surface area contributed by atoms with Crippen LogP contribution in [-0.2, 0) is 6.42 Å². The number of nitrogens with zero attached hydrogens (tertiary/aromatic N) is 1. The first-order chi connectivity index (χ1) is 12.5. The number of aromatic nitrogens is 1. The van der Waals surface area contributed by atoms with E-state index in [0.717, 1.165) is 29.5 Å². The summed E-state index contributed by atoms with van der Waals surface area (Å²) in [5.41, 5.74) is 2.52. The summed E-state index contributed by atoms with van der Waals surface area (Å²) >= 11 is 6.66. The van der Waals surface area contributed by atoms with Gasteiger partial charge in [0.15, 0.2) is 10.2 Å². The Morgan fingerprint density at radius 3 is 2.73 bits per heavy atom. The molecule has 0 saturated carbocycles. The van der Waals surface area contributed by atoms with Gasteiger partial charge in [-0.2, -0.15) is 0 Å². The van der Waals surface area contributed by atoms with Crippen LogP contribution in [0, 0.1) is 5.82 Å². The predicted molar refractivity (Wildman–Crippen MR) is 108 cm³/mol. The van der Waals surface area contributed by atoms with Crippen LogP contribution in [0.4, 0.5) is 9.52 Å². The van der Waals surface area contributed by atoms with E-state index in [-0.39, 0.29) is 5.11 Å². The van der Waals surface area contributed by atoms with E-state index in [0.29, 0.717) is 10.7 Å². The molecule has 2 aromatic carbocycles. The lowest BCUT2D eigenvalue weighted by Crippen LogP contribution is -2.34. The lowest BCUT2D eigenvalue weighted by molar-refractivity contribution is 0.0977. The zero-order chi connectivity index (χ0) is 18.5. The summed E-state index contributed by atoms with van der Waals surface area (Å²) in [5, 5.41) is 6.29. The summed E-state index contributed by atoms with van der Waals surface area (Å²) in [5.74, 6) is -0.791. The van der Waals surface area contributed by atoms with Crippen molar-refractivity contribution in [2.24, 2.45) is 0 Å². The van der Waals surface area contributed by atoms with Crippen LogP contribution in [0.15, 0.2) is 42.5 Å². The molecule has 4 nitrogen and oxygen atoms in total. The van der Waals surface area contributed by atoms with Crippen molar-refractivity contribution in [3.8, 4) is 0 Å². The van der Waals surface area contributed by atoms with Crippen molar-refractivity contribution in [1.29, 1.82) is 0 Å². The number of aryl methyl sites for hydroxylation is 1. The standard InChI is InChI=1S/C19H18FN3OS2/c1-2-3-4-12-5-10-15-16(11-12)26-19(21-15)23-18(25)22-17(24)13-6-8-14(20)9-7-13/h5-11H,2-4H2,1H3,(H2,21,22,23,24,25). The zero-order valence-corrected chi connectivity index (χ0v) is 15.8. The summed E-state index contributed by atoms with van der Waals surface area (Å²) in [6.45, 7) is 2.18. The summed E-state index contributed by atoms with van der Waals surface area (Å²) in [4.78, 5) is 16.6. The minimum Gasteiger partial charge on any atom is -0.308 e. The Hall–Kier alpha value is -2.38. The number of rotatable bonds is 5. The molecule has 0 unspecified atom stereocenters. The Bertz CT molecular complexity index is 938. The summed E-state index contributed by atoms with van der Waals surface area (Å²) in [6.07, 6.45) is 3.38. The molecule has 134 valence electrons. The van der Waals surface area contributed by atoms with Gasteiger partial charge < -0.3 is 5.32 Å². The molecule has 1 aromatic heterocycles. The Morgan fingerprint density at radius 2 is 2.00 bits per heavy atom. The number of carbonyl (C=O) groups is 1. The van der Waals surface area contributed by atoms with E-state index in [2.05, 4.69) is 34.7 Å². The molecule has 0 radical (unpaired) electrons. The quantitative estimate of drug-likeness (QED) is 0.611. The predicted octanol–water partition coefficient (Wildman–Crippen LogP) is 4.90. The highest BCUT2D eigenvalue weighted by atomic mass is 32.1. The third-order valence-electron chi connectivity index (χ3n) is 3.83. The minimum absolute atomic E-state index is 0.157. The fraction of sp³-hybridized carbons (Fsp3) is 0.211. The van der Waals surface area contributed by atoms with E-state index in [9.17, 15) is 9.18 Å². The van der Waals surface area contributed by atoms with E-state index in [1.54, 1.807) is 0 Å². The number of carbonyl (C=O) groups excluding carboxylic acids is 1. The first-order valence-corrected chi connectivity index (χ1v) is 9.55. The third-order valence-corrected chi connectivity index (χ3v) is 4.96. The molecule has 1 heterocycles. The molecule has 26 heavy (non-hydrogen) atoms. The van der Waals surface area contributed by atoms with Crippen molar-refractivity contribution in [2.45, 2.75) is 26.2 Å². The maximum Gasteiger partial charge on any atom is 0.257 e. The minimum atomic E-state index is -0.398. The Kier molecular flexibility index (Phi) is 5.90. The van der Waals surface area contributed by atoms with Gasteiger partial charge in [0, 0.05) is 5.56 Å². The van der Waals surface area contributed by atoms with Gasteiger partial charge in [-0.3, -0.25) is 10.1 Å². The smallest absolute Gasteiger partial charge is 0.257 e. The van der Waals surface area contributed by atoms with Crippen LogP contribution < -0.4 is 10.6 Å². The number of anilines is 1. The second kappa shape index (κ2) is 8.33. The Balaban J connectivity index is 1.65. The van der Waals surface area contributed by atoms with Gasteiger partial charge in [-0.15, -0.1) is 0 Å². The lowest BCUT2D eigenvalue weighted by Gasteiger charge is -2.06. The number of hydrogen-bond donors (Lipinski definition) is 2. The van der Waals surface area contributed by atoms with Crippen molar-refractivity contribution in [3.05, 3.63) is 59.4 Å². The molecule has 2 N–H and O–H groups in total. The number of thiazole rings is 1. The molecule has 0 saturated heterocycles. The summed E-state index contributed by atoms with van der Waals surface area (Å²) < 4.78 is 14.0. The first kappa shape index (κ1) is 18.4. The molecule has 7 heteroatoms. The van der Waals surface area contributed by atoms with Crippen molar-refractivity contribution < 1.29 is 9.18 Å². The van der Waals surface area contributed by atoms with Crippen LogP contribution in [0.3, 0.4) is 0 Å². The van der Waals surface area contributed by atoms with Crippen LogP contribution in [0.1, 0.15) is 35.7 Å². The maximum absolute atomic E-state index is 12.9. The first-order valence-electron chi connectivity index (χ1n) is 8.32. The molecule has 3 aromatic rings. The summed E-state index contributed by atoms with van der Waals surface area (Å²) in [7, 11) is 0. The van der Waals surface area contributed by atoms with Gasteiger partial charge in [0.25, 0.3) is 5.91 Å². The van der Waals surface area contributed by atoms with Crippen LogP contribution in [0.25, 0.3) is 10.2 Å². The molecule has 0 spiro atoms. The van der Waals surface area contributed by atoms with Gasteiger partial charge in [-0.05, 0) is 67.0 Å². The van der Waals surface area contributed by atoms with Gasteiger partial charge in [0.05, 0.1) is 10.2 Å². The van der Waals surface area contributed by atoms with E-state index in [1.807, 2.05) is 6.07 Å². The number of thiocarbonyl (C=S) groups is 1. The molecule has 0 bridgehead atoms. The maximum atomic E-state index is 12.9. The second-order valence-corrected chi connectivity index (χ2v) is 7.28. The van der Waals surface area contributed by atoms with Crippen molar-refractivity contribution >= 4 is 49.9 Å². The molecule has 0 fully saturated rings. The lowest BCUT2D eigenvalue weighted by atomic mass is 10.1. The molecule has 1 amide bonds. The van der Waals surface area contributed by atoms with Crippen LogP contribution in [-0.4, -0.2) is 16.0 Å². The normalized spacial score (nSPS) is 10.7. The van der Waals surface area contributed by atoms with Crippen LogP contribution >= 0.6 is 23.6 Å². The van der Waals surface area contributed by atoms with Gasteiger partial charge in [0.1, 0.15) is 5.82 Å². The number of halogens is 1. The highest BCUT2D eigenvalue weighted by Crippen LogP contribution is 2.27. The second-order valence-electron chi connectivity index (χ2n) is 5.84. The van der Waals surface area contributed by atoms with Gasteiger partial charge in [-0.1, -0.05) is 30.7 Å². The topological polar surface area (TPSA) is 54.0 Å². The van der Waals surface area contributed by atoms with Gasteiger partial charge >= 0.3 is 0 Å². The van der Waals surface area contributed by atoms with Crippen molar-refractivity contribution in [2.75, 3.05) is 5.32 Å². The Labute approximate surface area is 160 Å². The third kappa shape index (κ3) is 4.62. The average Bonchev–Trinajstić information content (AvgIpc) is 3.01. The van der Waals surface area contributed by atoms with Crippen LogP contribution in [0.5, 0.6) is 0 Å². The zero-order valence-electron chi connectivity index (χ0n) is 14.2.